The van der Waals surface area contributed by atoms with Crippen molar-refractivity contribution in [2.75, 3.05) is 0 Å². The molecule has 0 amide bonds. The van der Waals surface area contributed by atoms with Gasteiger partial charge in [-0.15, -0.1) is 0 Å². The predicted octanol–water partition coefficient (Wildman–Crippen LogP) is 2.47. The van der Waals surface area contributed by atoms with E-state index in [0.29, 0.717) is 6.42 Å². The van der Waals surface area contributed by atoms with Crippen molar-refractivity contribution in [3.8, 4) is 0 Å². The number of hydrogen-bond donors (Lipinski definition) is 0. The Hall–Kier alpha value is -1.07. The van der Waals surface area contributed by atoms with Crippen LogP contribution in [0.5, 0.6) is 0 Å². The second kappa shape index (κ2) is 4.20. The molecular formula is C9H8BF5. The summed E-state index contributed by atoms with van der Waals surface area (Å²) >= 11 is 0. The van der Waals surface area contributed by atoms with E-state index in [2.05, 4.69) is 0 Å². The van der Waals surface area contributed by atoms with Crippen LogP contribution in [0.15, 0.2) is 0 Å². The molecule has 15 heavy (non-hydrogen) atoms. The van der Waals surface area contributed by atoms with Gasteiger partial charge in [0.15, 0.2) is 23.3 Å². The van der Waals surface area contributed by atoms with Crippen LogP contribution in [0.3, 0.4) is 0 Å². The second-order valence-electron chi connectivity index (χ2n) is 3.29. The number of benzene rings is 1. The third kappa shape index (κ3) is 1.85. The van der Waals surface area contributed by atoms with E-state index >= 15 is 0 Å². The molecule has 0 radical (unpaired) electrons. The Labute approximate surface area is 84.5 Å². The average molecular weight is 222 g/mol. The standard InChI is InChI=1S/C9H8BF5/c1-2-3(10)4-5(11)7(13)9(15)8(14)6(4)12/h3H,2,10H2,1H3. The summed E-state index contributed by atoms with van der Waals surface area (Å²) in [6, 6.07) is 0. The molecule has 0 nitrogen and oxygen atoms in total. The lowest BCUT2D eigenvalue weighted by Crippen LogP contribution is -2.11. The zero-order valence-corrected chi connectivity index (χ0v) is 8.17. The van der Waals surface area contributed by atoms with Gasteiger partial charge in [-0.3, -0.25) is 0 Å². The fourth-order valence-electron chi connectivity index (χ4n) is 1.26. The fraction of sp³-hybridized carbons (Fsp3) is 0.333. The van der Waals surface area contributed by atoms with E-state index in [1.165, 1.54) is 7.85 Å². The highest BCUT2D eigenvalue weighted by molar-refractivity contribution is 6.12. The molecule has 0 aliphatic rings. The van der Waals surface area contributed by atoms with Crippen molar-refractivity contribution in [2.24, 2.45) is 0 Å². The molecule has 1 unspecified atom stereocenters. The van der Waals surface area contributed by atoms with Gasteiger partial charge in [0.05, 0.1) is 0 Å². The van der Waals surface area contributed by atoms with Crippen molar-refractivity contribution in [1.82, 2.24) is 0 Å². The van der Waals surface area contributed by atoms with Crippen molar-refractivity contribution >= 4 is 7.85 Å². The van der Waals surface area contributed by atoms with E-state index in [4.69, 9.17) is 0 Å². The third-order valence-electron chi connectivity index (χ3n) is 2.35. The fourth-order valence-corrected chi connectivity index (χ4v) is 1.26. The van der Waals surface area contributed by atoms with Crippen LogP contribution in [0, 0.1) is 29.1 Å². The van der Waals surface area contributed by atoms with Crippen LogP contribution in [0.4, 0.5) is 22.0 Å². The van der Waals surface area contributed by atoms with Gasteiger partial charge in [0.25, 0.3) is 0 Å². The Kier molecular flexibility index (Phi) is 3.37. The summed E-state index contributed by atoms with van der Waals surface area (Å²) in [6.45, 7) is 1.60. The molecule has 0 aromatic heterocycles. The molecule has 0 aliphatic heterocycles. The van der Waals surface area contributed by atoms with Crippen molar-refractivity contribution in [3.05, 3.63) is 34.6 Å². The minimum atomic E-state index is -2.11. The van der Waals surface area contributed by atoms with Gasteiger partial charge in [0, 0.05) is 5.56 Å². The Morgan fingerprint density at radius 1 is 0.867 bits per heavy atom. The molecule has 0 N–H and O–H groups in total. The van der Waals surface area contributed by atoms with E-state index in [9.17, 15) is 22.0 Å². The molecule has 0 bridgehead atoms. The molecule has 0 saturated heterocycles. The van der Waals surface area contributed by atoms with Gasteiger partial charge in [0.2, 0.25) is 5.82 Å². The van der Waals surface area contributed by atoms with E-state index in [-0.39, 0.29) is 0 Å². The molecule has 6 heteroatoms. The first-order chi connectivity index (χ1) is 6.91. The van der Waals surface area contributed by atoms with E-state index in [1.54, 1.807) is 6.92 Å². The van der Waals surface area contributed by atoms with E-state index in [0.717, 1.165) is 0 Å². The summed E-state index contributed by atoms with van der Waals surface area (Å²) in [5, 5.41) is 0. The first kappa shape index (κ1) is 12.0. The normalized spacial score (nSPS) is 12.9. The van der Waals surface area contributed by atoms with Crippen LogP contribution in [0.1, 0.15) is 24.7 Å². The number of rotatable bonds is 2. The summed E-state index contributed by atoms with van der Waals surface area (Å²) in [5.74, 6) is -10.1. The monoisotopic (exact) mass is 222 g/mol. The molecule has 82 valence electrons. The summed E-state index contributed by atoms with van der Waals surface area (Å²) < 4.78 is 64.4. The largest absolute Gasteiger partial charge is 0.203 e. The SMILES string of the molecule is BC(CC)c1c(F)c(F)c(F)c(F)c1F. The topological polar surface area (TPSA) is 0 Å². The maximum absolute atomic E-state index is 13.1. The van der Waals surface area contributed by atoms with Crippen LogP contribution in [0.2, 0.25) is 0 Å². The maximum atomic E-state index is 13.1. The van der Waals surface area contributed by atoms with E-state index in [1.807, 2.05) is 0 Å². The Bertz CT molecular complexity index is 362. The first-order valence-electron chi connectivity index (χ1n) is 4.43. The zero-order chi connectivity index (χ0) is 11.7. The minimum absolute atomic E-state index is 0.290. The van der Waals surface area contributed by atoms with E-state index < -0.39 is 40.5 Å². The van der Waals surface area contributed by atoms with Gasteiger partial charge in [-0.25, -0.2) is 22.0 Å². The number of halogens is 5. The summed E-state index contributed by atoms with van der Waals surface area (Å²) in [5.41, 5.74) is -0.742. The summed E-state index contributed by atoms with van der Waals surface area (Å²) in [4.78, 5) is 0. The van der Waals surface area contributed by atoms with Gasteiger partial charge < -0.3 is 0 Å². The molecule has 1 atom stereocenters. The van der Waals surface area contributed by atoms with Crippen LogP contribution >= 0.6 is 0 Å². The molecule has 0 fully saturated rings. The number of hydrogen-bond acceptors (Lipinski definition) is 0. The molecule has 1 aromatic rings. The van der Waals surface area contributed by atoms with Crippen molar-refractivity contribution in [2.45, 2.75) is 19.2 Å². The highest BCUT2D eigenvalue weighted by Gasteiger charge is 2.27. The van der Waals surface area contributed by atoms with Gasteiger partial charge in [0.1, 0.15) is 7.85 Å². The quantitative estimate of drug-likeness (QED) is 0.312. The molecule has 1 aromatic carbocycles. The van der Waals surface area contributed by atoms with Gasteiger partial charge in [-0.05, 0) is 5.82 Å². The lowest BCUT2D eigenvalue weighted by Gasteiger charge is -2.13. The lowest BCUT2D eigenvalue weighted by molar-refractivity contribution is 0.368. The predicted molar refractivity (Wildman–Crippen MR) is 47.8 cm³/mol. The van der Waals surface area contributed by atoms with Gasteiger partial charge in [-0.1, -0.05) is 13.3 Å². The zero-order valence-electron chi connectivity index (χ0n) is 8.17. The molecule has 0 heterocycles. The van der Waals surface area contributed by atoms with Crippen LogP contribution < -0.4 is 0 Å². The highest BCUT2D eigenvalue weighted by atomic mass is 19.2. The summed E-state index contributed by atoms with van der Waals surface area (Å²) in [7, 11) is 1.40. The van der Waals surface area contributed by atoms with Crippen molar-refractivity contribution in [1.29, 1.82) is 0 Å². The van der Waals surface area contributed by atoms with Crippen LogP contribution in [0.25, 0.3) is 0 Å². The summed E-state index contributed by atoms with van der Waals surface area (Å²) in [6.07, 6.45) is 0.290. The first-order valence-corrected chi connectivity index (χ1v) is 4.43. The second-order valence-corrected chi connectivity index (χ2v) is 3.29. The van der Waals surface area contributed by atoms with Crippen LogP contribution in [-0.2, 0) is 0 Å². The van der Waals surface area contributed by atoms with Crippen molar-refractivity contribution < 1.29 is 22.0 Å². The Balaban J connectivity index is 3.52. The molecular weight excluding hydrogens is 214 g/mol. The molecule has 0 aliphatic carbocycles. The van der Waals surface area contributed by atoms with Crippen LogP contribution in [-0.4, -0.2) is 7.85 Å². The molecule has 0 spiro atoms. The van der Waals surface area contributed by atoms with Gasteiger partial charge >= 0.3 is 0 Å². The van der Waals surface area contributed by atoms with Crippen molar-refractivity contribution in [3.63, 3.8) is 0 Å². The third-order valence-corrected chi connectivity index (χ3v) is 2.35. The smallest absolute Gasteiger partial charge is 0.200 e. The lowest BCUT2D eigenvalue weighted by atomic mass is 9.78. The minimum Gasteiger partial charge on any atom is -0.203 e. The molecule has 1 rings (SSSR count). The maximum Gasteiger partial charge on any atom is 0.200 e. The van der Waals surface area contributed by atoms with Gasteiger partial charge in [-0.2, -0.15) is 0 Å². The Morgan fingerprint density at radius 2 is 1.20 bits per heavy atom. The molecule has 0 saturated carbocycles. The highest BCUT2D eigenvalue weighted by Crippen LogP contribution is 2.28. The Morgan fingerprint density at radius 3 is 1.53 bits per heavy atom. The average Bonchev–Trinajstić information content (AvgIpc) is 2.23.